The number of nitrogens with one attached hydrogen (secondary N) is 1. The number of carboxylic acid groups (broad SMARTS) is 1. The van der Waals surface area contributed by atoms with Crippen LogP contribution in [0.1, 0.15) is 58.8 Å². The summed E-state index contributed by atoms with van der Waals surface area (Å²) in [6.07, 6.45) is 4.55. The molecule has 0 aliphatic rings. The lowest BCUT2D eigenvalue weighted by molar-refractivity contribution is -0.152. The Morgan fingerprint density at radius 1 is 1.05 bits per heavy atom. The molecular formula is C14H27NO4. The van der Waals surface area contributed by atoms with Crippen LogP contribution in [0.15, 0.2) is 0 Å². The van der Waals surface area contributed by atoms with E-state index in [4.69, 9.17) is 5.11 Å². The van der Waals surface area contributed by atoms with Gasteiger partial charge in [0.2, 0.25) is 5.91 Å². The lowest BCUT2D eigenvalue weighted by Crippen LogP contribution is -2.37. The van der Waals surface area contributed by atoms with Gasteiger partial charge in [0.15, 0.2) is 0 Å². The van der Waals surface area contributed by atoms with Crippen LogP contribution < -0.4 is 5.32 Å². The third-order valence-corrected chi connectivity index (χ3v) is 3.71. The van der Waals surface area contributed by atoms with Crippen LogP contribution in [0.3, 0.4) is 0 Å². The van der Waals surface area contributed by atoms with E-state index < -0.39 is 11.4 Å². The van der Waals surface area contributed by atoms with Crippen molar-refractivity contribution in [3.63, 3.8) is 0 Å². The van der Waals surface area contributed by atoms with Gasteiger partial charge in [-0.3, -0.25) is 9.59 Å². The molecule has 0 aromatic rings. The van der Waals surface area contributed by atoms with Gasteiger partial charge < -0.3 is 15.5 Å². The summed E-state index contributed by atoms with van der Waals surface area (Å²) in [6.45, 7) is 4.40. The number of carboxylic acids is 1. The Morgan fingerprint density at radius 2 is 1.63 bits per heavy atom. The highest BCUT2D eigenvalue weighted by Crippen LogP contribution is 2.30. The summed E-state index contributed by atoms with van der Waals surface area (Å²) in [5, 5.41) is 20.6. The first-order valence-corrected chi connectivity index (χ1v) is 7.13. The average molecular weight is 273 g/mol. The van der Waals surface area contributed by atoms with E-state index in [1.54, 1.807) is 13.8 Å². The van der Waals surface area contributed by atoms with Gasteiger partial charge in [0.05, 0.1) is 5.41 Å². The standard InChI is InChI=1S/C14H27NO4/c1-3-14(4-2,13(18)19)11-12(17)15-9-7-5-6-8-10-16/h16H,3-11H2,1-2H3,(H,15,17)(H,18,19). The molecule has 1 amide bonds. The highest BCUT2D eigenvalue weighted by atomic mass is 16.4. The van der Waals surface area contributed by atoms with Gasteiger partial charge in [-0.15, -0.1) is 0 Å². The Hall–Kier alpha value is -1.10. The average Bonchev–Trinajstić information content (AvgIpc) is 2.39. The van der Waals surface area contributed by atoms with Gasteiger partial charge in [0, 0.05) is 19.6 Å². The minimum Gasteiger partial charge on any atom is -0.481 e. The second-order valence-corrected chi connectivity index (χ2v) is 4.96. The number of unbranched alkanes of at least 4 members (excludes halogenated alkanes) is 3. The molecular weight excluding hydrogens is 246 g/mol. The van der Waals surface area contributed by atoms with Crippen LogP contribution in [0.4, 0.5) is 0 Å². The van der Waals surface area contributed by atoms with Gasteiger partial charge in [-0.25, -0.2) is 0 Å². The second-order valence-electron chi connectivity index (χ2n) is 4.96. The first-order chi connectivity index (χ1) is 9.02. The predicted octanol–water partition coefficient (Wildman–Crippen LogP) is 1.94. The van der Waals surface area contributed by atoms with Crippen LogP contribution in [-0.2, 0) is 9.59 Å². The van der Waals surface area contributed by atoms with E-state index >= 15 is 0 Å². The van der Waals surface area contributed by atoms with E-state index in [-0.39, 0.29) is 18.9 Å². The number of aliphatic carboxylic acids is 1. The molecule has 0 saturated heterocycles. The molecule has 0 atom stereocenters. The first kappa shape index (κ1) is 17.9. The van der Waals surface area contributed by atoms with E-state index in [1.807, 2.05) is 0 Å². The maximum Gasteiger partial charge on any atom is 0.310 e. The highest BCUT2D eigenvalue weighted by Gasteiger charge is 2.36. The van der Waals surface area contributed by atoms with Crippen molar-refractivity contribution in [1.29, 1.82) is 0 Å². The van der Waals surface area contributed by atoms with Crippen molar-refractivity contribution in [1.82, 2.24) is 5.32 Å². The first-order valence-electron chi connectivity index (χ1n) is 7.13. The molecule has 0 unspecified atom stereocenters. The van der Waals surface area contributed by atoms with Crippen molar-refractivity contribution in [3.8, 4) is 0 Å². The number of aliphatic hydroxyl groups is 1. The van der Waals surface area contributed by atoms with Crippen LogP contribution >= 0.6 is 0 Å². The minimum atomic E-state index is -0.930. The molecule has 0 aromatic heterocycles. The fraction of sp³-hybridized carbons (Fsp3) is 0.857. The molecule has 0 aromatic carbocycles. The molecule has 0 spiro atoms. The molecule has 0 radical (unpaired) electrons. The Morgan fingerprint density at radius 3 is 2.11 bits per heavy atom. The van der Waals surface area contributed by atoms with E-state index in [9.17, 15) is 14.7 Å². The molecule has 5 heteroatoms. The smallest absolute Gasteiger partial charge is 0.310 e. The van der Waals surface area contributed by atoms with Crippen LogP contribution in [0.5, 0.6) is 0 Å². The van der Waals surface area contributed by atoms with Gasteiger partial charge in [-0.2, -0.15) is 0 Å². The molecule has 3 N–H and O–H groups in total. The lowest BCUT2D eigenvalue weighted by atomic mass is 9.79. The van der Waals surface area contributed by atoms with Crippen molar-refractivity contribution < 1.29 is 19.8 Å². The van der Waals surface area contributed by atoms with Crippen molar-refractivity contribution in [2.75, 3.05) is 13.2 Å². The van der Waals surface area contributed by atoms with Gasteiger partial charge in [0.25, 0.3) is 0 Å². The summed E-state index contributed by atoms with van der Waals surface area (Å²) in [5.74, 6) is -1.08. The summed E-state index contributed by atoms with van der Waals surface area (Å²) in [5.41, 5.74) is -0.930. The van der Waals surface area contributed by atoms with E-state index in [1.165, 1.54) is 0 Å². The summed E-state index contributed by atoms with van der Waals surface area (Å²) in [6, 6.07) is 0. The lowest BCUT2D eigenvalue weighted by Gasteiger charge is -2.25. The van der Waals surface area contributed by atoms with Crippen molar-refractivity contribution in [2.24, 2.45) is 5.41 Å². The topological polar surface area (TPSA) is 86.6 Å². The number of hydrogen-bond donors (Lipinski definition) is 3. The Balaban J connectivity index is 3.98. The predicted molar refractivity (Wildman–Crippen MR) is 73.8 cm³/mol. The largest absolute Gasteiger partial charge is 0.481 e. The number of carbonyl (C=O) groups is 2. The van der Waals surface area contributed by atoms with Gasteiger partial charge in [0.1, 0.15) is 0 Å². The fourth-order valence-corrected chi connectivity index (χ4v) is 2.07. The summed E-state index contributed by atoms with van der Waals surface area (Å²) in [4.78, 5) is 23.0. The SMILES string of the molecule is CCC(CC)(CC(=O)NCCCCCCO)C(=O)O. The monoisotopic (exact) mass is 273 g/mol. The molecule has 0 saturated carbocycles. The van der Waals surface area contributed by atoms with E-state index in [2.05, 4.69) is 5.32 Å². The summed E-state index contributed by atoms with van der Waals surface area (Å²) >= 11 is 0. The molecule has 0 rings (SSSR count). The molecule has 19 heavy (non-hydrogen) atoms. The molecule has 112 valence electrons. The maximum atomic E-state index is 11.8. The molecule has 0 bridgehead atoms. The summed E-state index contributed by atoms with van der Waals surface area (Å²) < 4.78 is 0. The van der Waals surface area contributed by atoms with Crippen molar-refractivity contribution in [2.45, 2.75) is 58.8 Å². The van der Waals surface area contributed by atoms with Crippen LogP contribution in [0.25, 0.3) is 0 Å². The van der Waals surface area contributed by atoms with Crippen LogP contribution in [0.2, 0.25) is 0 Å². The number of carbonyl (C=O) groups excluding carboxylic acids is 1. The normalized spacial score (nSPS) is 11.3. The number of aliphatic hydroxyl groups excluding tert-OH is 1. The van der Waals surface area contributed by atoms with Crippen molar-refractivity contribution >= 4 is 11.9 Å². The zero-order chi connectivity index (χ0) is 14.7. The Labute approximate surface area is 115 Å². The quantitative estimate of drug-likeness (QED) is 0.502. The Bertz CT molecular complexity index is 275. The number of rotatable bonds is 11. The molecule has 5 nitrogen and oxygen atoms in total. The highest BCUT2D eigenvalue weighted by molar-refractivity contribution is 5.84. The van der Waals surface area contributed by atoms with Crippen LogP contribution in [0, 0.1) is 5.41 Å². The molecule has 0 aliphatic heterocycles. The Kier molecular flexibility index (Phi) is 9.21. The third kappa shape index (κ3) is 6.57. The van der Waals surface area contributed by atoms with Crippen LogP contribution in [-0.4, -0.2) is 35.2 Å². The number of hydrogen-bond acceptors (Lipinski definition) is 3. The maximum absolute atomic E-state index is 11.8. The van der Waals surface area contributed by atoms with Gasteiger partial charge >= 0.3 is 5.97 Å². The van der Waals surface area contributed by atoms with Gasteiger partial charge in [-0.1, -0.05) is 26.7 Å². The third-order valence-electron chi connectivity index (χ3n) is 3.71. The van der Waals surface area contributed by atoms with Crippen molar-refractivity contribution in [3.05, 3.63) is 0 Å². The zero-order valence-electron chi connectivity index (χ0n) is 12.1. The molecule has 0 fully saturated rings. The summed E-state index contributed by atoms with van der Waals surface area (Å²) in [7, 11) is 0. The zero-order valence-corrected chi connectivity index (χ0v) is 12.1. The van der Waals surface area contributed by atoms with E-state index in [0.29, 0.717) is 19.4 Å². The molecule has 0 aliphatic carbocycles. The minimum absolute atomic E-state index is 0.0476. The fourth-order valence-electron chi connectivity index (χ4n) is 2.07. The van der Waals surface area contributed by atoms with E-state index in [0.717, 1.165) is 25.7 Å². The molecule has 0 heterocycles. The second kappa shape index (κ2) is 9.78. The number of amides is 1. The van der Waals surface area contributed by atoms with Gasteiger partial charge in [-0.05, 0) is 25.7 Å².